The minimum atomic E-state index is -0.486. The molecule has 1 heterocycles. The zero-order chi connectivity index (χ0) is 24.1. The van der Waals surface area contributed by atoms with Gasteiger partial charge in [-0.2, -0.15) is 0 Å². The summed E-state index contributed by atoms with van der Waals surface area (Å²) >= 11 is 1.12. The van der Waals surface area contributed by atoms with E-state index in [1.807, 2.05) is 0 Å². The van der Waals surface area contributed by atoms with E-state index in [4.69, 9.17) is 4.74 Å². The van der Waals surface area contributed by atoms with Gasteiger partial charge >= 0.3 is 0 Å². The molecule has 4 rings (SSSR count). The quantitative estimate of drug-likeness (QED) is 0.294. The molecule has 1 aromatic heterocycles. The summed E-state index contributed by atoms with van der Waals surface area (Å²) in [4.78, 5) is 35.8. The molecule has 0 bridgehead atoms. The number of nitro benzene ring substituents is 1. The lowest BCUT2D eigenvalue weighted by molar-refractivity contribution is -0.384. The minimum absolute atomic E-state index is 0.0323. The first-order valence-electron chi connectivity index (χ1n) is 9.88. The maximum Gasteiger partial charge on any atom is 0.269 e. The fourth-order valence-corrected chi connectivity index (χ4v) is 3.75. The van der Waals surface area contributed by atoms with Gasteiger partial charge in [0.15, 0.2) is 0 Å². The van der Waals surface area contributed by atoms with Gasteiger partial charge < -0.3 is 10.1 Å². The number of ether oxygens (including phenoxy) is 1. The van der Waals surface area contributed by atoms with Crippen LogP contribution in [0, 0.1) is 10.1 Å². The van der Waals surface area contributed by atoms with Crippen LogP contribution in [0.15, 0.2) is 72.8 Å². The number of methoxy groups -OCH3 is 1. The SMILES string of the molecule is COc1ccc(C(=O)Nc2ccccc2C(=O)Nc2nnc(-c3ccc([N+](=O)[O-])cc3)s2)cc1. The summed E-state index contributed by atoms with van der Waals surface area (Å²) in [6.45, 7) is 0. The number of carbonyl (C=O) groups excluding carboxylic acids is 2. The van der Waals surface area contributed by atoms with Gasteiger partial charge in [0.2, 0.25) is 5.13 Å². The normalized spacial score (nSPS) is 10.4. The first-order chi connectivity index (χ1) is 16.4. The van der Waals surface area contributed by atoms with Crippen LogP contribution in [0.1, 0.15) is 20.7 Å². The lowest BCUT2D eigenvalue weighted by Crippen LogP contribution is -2.18. The number of nitrogens with zero attached hydrogens (tertiary/aromatic N) is 3. The van der Waals surface area contributed by atoms with Crippen molar-refractivity contribution in [1.82, 2.24) is 10.2 Å². The molecule has 0 spiro atoms. The van der Waals surface area contributed by atoms with E-state index in [2.05, 4.69) is 20.8 Å². The number of nitro groups is 1. The molecule has 0 aliphatic carbocycles. The maximum atomic E-state index is 12.9. The molecule has 0 aliphatic rings. The summed E-state index contributed by atoms with van der Waals surface area (Å²) in [5.41, 5.74) is 1.59. The first-order valence-corrected chi connectivity index (χ1v) is 10.7. The monoisotopic (exact) mass is 475 g/mol. The van der Waals surface area contributed by atoms with Gasteiger partial charge in [0.25, 0.3) is 17.5 Å². The lowest BCUT2D eigenvalue weighted by atomic mass is 10.1. The molecule has 0 radical (unpaired) electrons. The van der Waals surface area contributed by atoms with Crippen LogP contribution in [0.3, 0.4) is 0 Å². The number of hydrogen-bond donors (Lipinski definition) is 2. The van der Waals surface area contributed by atoms with E-state index < -0.39 is 10.8 Å². The van der Waals surface area contributed by atoms with Crippen LogP contribution in [0.2, 0.25) is 0 Å². The van der Waals surface area contributed by atoms with Crippen molar-refractivity contribution in [3.8, 4) is 16.3 Å². The Morgan fingerprint density at radius 3 is 2.29 bits per heavy atom. The summed E-state index contributed by atoms with van der Waals surface area (Å²) in [7, 11) is 1.54. The summed E-state index contributed by atoms with van der Waals surface area (Å²) in [6, 6.07) is 19.1. The zero-order valence-electron chi connectivity index (χ0n) is 17.7. The molecule has 10 nitrogen and oxygen atoms in total. The van der Waals surface area contributed by atoms with Crippen LogP contribution in [0.25, 0.3) is 10.6 Å². The van der Waals surface area contributed by atoms with Gasteiger partial charge in [-0.1, -0.05) is 23.5 Å². The van der Waals surface area contributed by atoms with Crippen molar-refractivity contribution in [2.24, 2.45) is 0 Å². The number of non-ortho nitro benzene ring substituents is 1. The summed E-state index contributed by atoms with van der Waals surface area (Å²) in [5.74, 6) is -0.224. The topological polar surface area (TPSA) is 136 Å². The van der Waals surface area contributed by atoms with E-state index in [9.17, 15) is 19.7 Å². The maximum absolute atomic E-state index is 12.9. The molecule has 0 saturated heterocycles. The Bertz CT molecular complexity index is 1350. The average Bonchev–Trinajstić information content (AvgIpc) is 3.32. The first kappa shape index (κ1) is 22.6. The van der Waals surface area contributed by atoms with Crippen molar-refractivity contribution in [3.05, 3.63) is 94.0 Å². The number of hydrogen-bond acceptors (Lipinski definition) is 8. The van der Waals surface area contributed by atoms with E-state index in [1.54, 1.807) is 60.7 Å². The molecule has 3 aromatic carbocycles. The molecule has 2 N–H and O–H groups in total. The summed E-state index contributed by atoms with van der Waals surface area (Å²) < 4.78 is 5.10. The molecule has 2 amide bonds. The molecule has 0 aliphatic heterocycles. The van der Waals surface area contributed by atoms with Crippen LogP contribution >= 0.6 is 11.3 Å². The Hall–Kier alpha value is -4.64. The van der Waals surface area contributed by atoms with Crippen LogP contribution in [0.5, 0.6) is 5.75 Å². The number of para-hydroxylation sites is 1. The van der Waals surface area contributed by atoms with Crippen molar-refractivity contribution in [3.63, 3.8) is 0 Å². The van der Waals surface area contributed by atoms with Crippen molar-refractivity contribution >= 4 is 39.7 Å². The highest BCUT2D eigenvalue weighted by atomic mass is 32.1. The molecule has 0 unspecified atom stereocenters. The fourth-order valence-electron chi connectivity index (χ4n) is 3.01. The molecule has 0 fully saturated rings. The number of nitrogens with one attached hydrogen (secondary N) is 2. The number of anilines is 2. The second-order valence-electron chi connectivity index (χ2n) is 6.90. The summed E-state index contributed by atoms with van der Waals surface area (Å²) in [6.07, 6.45) is 0. The second-order valence-corrected chi connectivity index (χ2v) is 7.88. The molecule has 0 atom stereocenters. The van der Waals surface area contributed by atoms with Gasteiger partial charge in [0.05, 0.1) is 23.3 Å². The van der Waals surface area contributed by atoms with E-state index in [0.29, 0.717) is 27.6 Å². The van der Waals surface area contributed by atoms with Gasteiger partial charge in [0.1, 0.15) is 10.8 Å². The molecule has 11 heteroatoms. The van der Waals surface area contributed by atoms with Crippen molar-refractivity contribution in [2.75, 3.05) is 17.7 Å². The number of rotatable bonds is 7. The molecule has 0 saturated carbocycles. The predicted molar refractivity (Wildman–Crippen MR) is 127 cm³/mol. The highest BCUT2D eigenvalue weighted by Crippen LogP contribution is 2.28. The Labute approximate surface area is 197 Å². The smallest absolute Gasteiger partial charge is 0.269 e. The minimum Gasteiger partial charge on any atom is -0.497 e. The van der Waals surface area contributed by atoms with Gasteiger partial charge in [0, 0.05) is 23.3 Å². The Kier molecular flexibility index (Phi) is 6.55. The second kappa shape index (κ2) is 9.88. The third-order valence-electron chi connectivity index (χ3n) is 4.74. The molecule has 4 aromatic rings. The van der Waals surface area contributed by atoms with Gasteiger partial charge in [-0.15, -0.1) is 10.2 Å². The third-order valence-corrected chi connectivity index (χ3v) is 5.63. The van der Waals surface area contributed by atoms with Crippen molar-refractivity contribution in [2.45, 2.75) is 0 Å². The molecule has 170 valence electrons. The lowest BCUT2D eigenvalue weighted by Gasteiger charge is -2.10. The van der Waals surface area contributed by atoms with Gasteiger partial charge in [-0.25, -0.2) is 0 Å². The summed E-state index contributed by atoms with van der Waals surface area (Å²) in [5, 5.41) is 25.0. The Morgan fingerprint density at radius 2 is 1.62 bits per heavy atom. The van der Waals surface area contributed by atoms with E-state index in [-0.39, 0.29) is 22.3 Å². The van der Waals surface area contributed by atoms with Crippen molar-refractivity contribution < 1.29 is 19.2 Å². The van der Waals surface area contributed by atoms with Crippen molar-refractivity contribution in [1.29, 1.82) is 0 Å². The zero-order valence-corrected chi connectivity index (χ0v) is 18.5. The van der Waals surface area contributed by atoms with E-state index >= 15 is 0 Å². The molecular formula is C23H17N5O5S. The van der Waals surface area contributed by atoms with Crippen LogP contribution in [-0.2, 0) is 0 Å². The Balaban J connectivity index is 1.48. The van der Waals surface area contributed by atoms with Crippen LogP contribution in [0.4, 0.5) is 16.5 Å². The molecular weight excluding hydrogens is 458 g/mol. The predicted octanol–water partition coefficient (Wildman–Crippen LogP) is 4.63. The van der Waals surface area contributed by atoms with E-state index in [1.165, 1.54) is 19.2 Å². The average molecular weight is 475 g/mol. The highest BCUT2D eigenvalue weighted by Gasteiger charge is 2.17. The van der Waals surface area contributed by atoms with Gasteiger partial charge in [-0.3, -0.25) is 25.0 Å². The molecule has 34 heavy (non-hydrogen) atoms. The fraction of sp³-hybridized carbons (Fsp3) is 0.0435. The number of carbonyl (C=O) groups is 2. The Morgan fingerprint density at radius 1 is 0.912 bits per heavy atom. The van der Waals surface area contributed by atoms with E-state index in [0.717, 1.165) is 11.3 Å². The van der Waals surface area contributed by atoms with Crippen LogP contribution in [-0.4, -0.2) is 34.0 Å². The third kappa shape index (κ3) is 5.05. The number of amides is 2. The standard InChI is InChI=1S/C23H17N5O5S/c1-33-17-12-8-14(9-13-17)20(29)24-19-5-3-2-4-18(19)21(30)25-23-27-26-22(34-23)15-6-10-16(11-7-15)28(31)32/h2-13H,1H3,(H,24,29)(H,25,27,30). The van der Waals surface area contributed by atoms with Gasteiger partial charge in [-0.05, 0) is 48.5 Å². The number of benzene rings is 3. The largest absolute Gasteiger partial charge is 0.497 e. The highest BCUT2D eigenvalue weighted by molar-refractivity contribution is 7.18. The number of aromatic nitrogens is 2. The van der Waals surface area contributed by atoms with Crippen LogP contribution < -0.4 is 15.4 Å².